The largest absolute Gasteiger partial charge is 0.322 e. The number of carbonyl (C=O) groups excluding carboxylic acids is 1. The Hall–Kier alpha value is -2.43. The zero-order valence-corrected chi connectivity index (χ0v) is 16.4. The highest BCUT2D eigenvalue weighted by Gasteiger charge is 2.57. The normalized spacial score (nSPS) is 24.7. The van der Waals surface area contributed by atoms with Crippen molar-refractivity contribution < 1.29 is 4.79 Å². The minimum absolute atomic E-state index is 0.0517. The van der Waals surface area contributed by atoms with Gasteiger partial charge in [0.05, 0.1) is 23.6 Å². The number of hydrogen-bond donors (Lipinski definition) is 1. The van der Waals surface area contributed by atoms with Crippen LogP contribution < -0.4 is 5.32 Å². The third-order valence-electron chi connectivity index (χ3n) is 6.01. The average Bonchev–Trinajstić information content (AvgIpc) is 2.63. The summed E-state index contributed by atoms with van der Waals surface area (Å²) in [4.78, 5) is 23.9. The molecule has 4 rings (SSSR count). The highest BCUT2D eigenvalue weighted by Crippen LogP contribution is 2.53. The van der Waals surface area contributed by atoms with Crippen molar-refractivity contribution in [1.29, 1.82) is 0 Å². The van der Waals surface area contributed by atoms with Crippen LogP contribution >= 0.6 is 0 Å². The standard InChI is InChI=1S/C22H28N4O/c1-21(2,3)19-23-13-18(14-24-19)25-20(27)26-15-17-11-7-8-12-22(17,26)16-9-5-4-6-10-16/h4-6,9-10,13-14,17H,7-8,11-12,15H2,1-3H3,(H,25,27)/t17-,22-/m1/s1. The molecule has 27 heavy (non-hydrogen) atoms. The average molecular weight is 364 g/mol. The fourth-order valence-electron chi connectivity index (χ4n) is 4.59. The number of fused-ring (bicyclic) bond motifs is 1. The van der Waals surface area contributed by atoms with E-state index in [1.54, 1.807) is 12.4 Å². The second kappa shape index (κ2) is 6.63. The molecule has 0 unspecified atom stereocenters. The maximum atomic E-state index is 13.1. The number of rotatable bonds is 2. The van der Waals surface area contributed by atoms with Gasteiger partial charge in [-0.2, -0.15) is 0 Å². The number of anilines is 1. The Labute approximate surface area is 161 Å². The molecule has 2 amide bonds. The Morgan fingerprint density at radius 1 is 1.15 bits per heavy atom. The van der Waals surface area contributed by atoms with E-state index in [9.17, 15) is 4.79 Å². The van der Waals surface area contributed by atoms with Crippen LogP contribution in [0.3, 0.4) is 0 Å². The first-order valence-corrected chi connectivity index (χ1v) is 9.88. The van der Waals surface area contributed by atoms with Gasteiger partial charge in [-0.3, -0.25) is 0 Å². The molecule has 2 aromatic rings. The van der Waals surface area contributed by atoms with E-state index >= 15 is 0 Å². The Morgan fingerprint density at radius 3 is 2.48 bits per heavy atom. The minimum Gasteiger partial charge on any atom is -0.314 e. The van der Waals surface area contributed by atoms with Gasteiger partial charge in [0.15, 0.2) is 0 Å². The van der Waals surface area contributed by atoms with Crippen LogP contribution in [0.2, 0.25) is 0 Å². The molecular weight excluding hydrogens is 336 g/mol. The van der Waals surface area contributed by atoms with Crippen molar-refractivity contribution in [2.75, 3.05) is 11.9 Å². The van der Waals surface area contributed by atoms with Crippen molar-refractivity contribution in [3.05, 3.63) is 54.1 Å². The number of carbonyl (C=O) groups is 1. The van der Waals surface area contributed by atoms with E-state index in [4.69, 9.17) is 0 Å². The van der Waals surface area contributed by atoms with E-state index < -0.39 is 0 Å². The van der Waals surface area contributed by atoms with Crippen molar-refractivity contribution in [2.24, 2.45) is 5.92 Å². The Bertz CT molecular complexity index is 812. The quantitative estimate of drug-likeness (QED) is 0.840. The summed E-state index contributed by atoms with van der Waals surface area (Å²) in [5, 5.41) is 3.01. The number of amides is 2. The highest BCUT2D eigenvalue weighted by atomic mass is 16.2. The second-order valence-corrected chi connectivity index (χ2v) is 8.82. The van der Waals surface area contributed by atoms with Gasteiger partial charge in [-0.05, 0) is 18.4 Å². The lowest BCUT2D eigenvalue weighted by Crippen LogP contribution is -2.68. The molecule has 1 N–H and O–H groups in total. The number of hydrogen-bond acceptors (Lipinski definition) is 3. The number of nitrogens with zero attached hydrogens (tertiary/aromatic N) is 3. The monoisotopic (exact) mass is 364 g/mol. The molecule has 5 heteroatoms. The topological polar surface area (TPSA) is 58.1 Å². The maximum absolute atomic E-state index is 13.1. The molecule has 1 saturated carbocycles. The van der Waals surface area contributed by atoms with Gasteiger partial charge in [-0.15, -0.1) is 0 Å². The van der Waals surface area contributed by atoms with Crippen molar-refractivity contribution in [1.82, 2.24) is 14.9 Å². The Morgan fingerprint density at radius 2 is 1.85 bits per heavy atom. The number of aromatic nitrogens is 2. The van der Waals surface area contributed by atoms with Gasteiger partial charge in [-0.25, -0.2) is 14.8 Å². The van der Waals surface area contributed by atoms with Crippen LogP contribution in [0.15, 0.2) is 42.7 Å². The fraction of sp³-hybridized carbons (Fsp3) is 0.500. The molecule has 142 valence electrons. The van der Waals surface area contributed by atoms with Crippen LogP contribution in [-0.4, -0.2) is 27.4 Å². The molecule has 1 aromatic carbocycles. The van der Waals surface area contributed by atoms with Crippen LogP contribution in [-0.2, 0) is 11.0 Å². The lowest BCUT2D eigenvalue weighted by atomic mass is 9.62. The molecular formula is C22H28N4O. The molecule has 2 heterocycles. The van der Waals surface area contributed by atoms with Gasteiger partial charge in [0.25, 0.3) is 0 Å². The number of nitrogens with one attached hydrogen (secondary N) is 1. The second-order valence-electron chi connectivity index (χ2n) is 8.82. The minimum atomic E-state index is -0.157. The summed E-state index contributed by atoms with van der Waals surface area (Å²) in [5.74, 6) is 1.33. The van der Waals surface area contributed by atoms with Crippen molar-refractivity contribution in [3.8, 4) is 0 Å². The molecule has 0 radical (unpaired) electrons. The lowest BCUT2D eigenvalue weighted by Gasteiger charge is -2.61. The van der Waals surface area contributed by atoms with Gasteiger partial charge < -0.3 is 10.2 Å². The first-order valence-electron chi connectivity index (χ1n) is 9.88. The molecule has 2 aliphatic rings. The third-order valence-corrected chi connectivity index (χ3v) is 6.01. The first kappa shape index (κ1) is 18.0. The molecule has 5 nitrogen and oxygen atoms in total. The van der Waals surface area contributed by atoms with Gasteiger partial charge in [0.1, 0.15) is 5.82 Å². The number of benzene rings is 1. The molecule has 0 spiro atoms. The summed E-state index contributed by atoms with van der Waals surface area (Å²) in [5.41, 5.74) is 1.65. The highest BCUT2D eigenvalue weighted by molar-refractivity contribution is 5.90. The van der Waals surface area contributed by atoms with E-state index in [-0.39, 0.29) is 17.0 Å². The van der Waals surface area contributed by atoms with E-state index in [1.165, 1.54) is 24.8 Å². The molecule has 1 aliphatic heterocycles. The molecule has 2 fully saturated rings. The van der Waals surface area contributed by atoms with Gasteiger partial charge >= 0.3 is 6.03 Å². The lowest BCUT2D eigenvalue weighted by molar-refractivity contribution is -0.0756. The zero-order chi connectivity index (χ0) is 19.1. The zero-order valence-electron chi connectivity index (χ0n) is 16.4. The number of urea groups is 1. The van der Waals surface area contributed by atoms with Gasteiger partial charge in [0, 0.05) is 17.9 Å². The number of likely N-dealkylation sites (tertiary alicyclic amines) is 1. The Kier molecular flexibility index (Phi) is 4.41. The molecule has 2 atom stereocenters. The van der Waals surface area contributed by atoms with Crippen molar-refractivity contribution in [2.45, 2.75) is 57.4 Å². The maximum Gasteiger partial charge on any atom is 0.322 e. The van der Waals surface area contributed by atoms with E-state index in [0.717, 1.165) is 18.8 Å². The molecule has 1 aliphatic carbocycles. The summed E-state index contributed by atoms with van der Waals surface area (Å²) >= 11 is 0. The third kappa shape index (κ3) is 3.09. The fourth-order valence-corrected chi connectivity index (χ4v) is 4.59. The van der Waals surface area contributed by atoms with Crippen LogP contribution in [0.25, 0.3) is 0 Å². The van der Waals surface area contributed by atoms with Crippen LogP contribution in [0.1, 0.15) is 57.8 Å². The van der Waals surface area contributed by atoms with E-state index in [0.29, 0.717) is 11.6 Å². The van der Waals surface area contributed by atoms with Gasteiger partial charge in [-0.1, -0.05) is 63.9 Å². The summed E-state index contributed by atoms with van der Waals surface area (Å²) in [6.07, 6.45) is 8.07. The van der Waals surface area contributed by atoms with Crippen LogP contribution in [0.4, 0.5) is 10.5 Å². The smallest absolute Gasteiger partial charge is 0.314 e. The van der Waals surface area contributed by atoms with Crippen molar-refractivity contribution >= 4 is 11.7 Å². The first-order chi connectivity index (χ1) is 12.9. The summed E-state index contributed by atoms with van der Waals surface area (Å²) in [6, 6.07) is 10.5. The van der Waals surface area contributed by atoms with E-state index in [2.05, 4.69) is 60.3 Å². The van der Waals surface area contributed by atoms with E-state index in [1.807, 2.05) is 11.0 Å². The Balaban J connectivity index is 1.55. The molecule has 1 saturated heterocycles. The predicted molar refractivity (Wildman–Crippen MR) is 107 cm³/mol. The SMILES string of the molecule is CC(C)(C)c1ncc(NC(=O)N2C[C@H]3CCCC[C@@]32c2ccccc2)cn1. The summed E-state index contributed by atoms with van der Waals surface area (Å²) in [6.45, 7) is 7.05. The molecule has 0 bridgehead atoms. The van der Waals surface area contributed by atoms with Gasteiger partial charge in [0.2, 0.25) is 0 Å². The van der Waals surface area contributed by atoms with Crippen molar-refractivity contribution in [3.63, 3.8) is 0 Å². The summed E-state index contributed by atoms with van der Waals surface area (Å²) < 4.78 is 0. The summed E-state index contributed by atoms with van der Waals surface area (Å²) in [7, 11) is 0. The predicted octanol–water partition coefficient (Wildman–Crippen LogP) is 4.71. The van der Waals surface area contributed by atoms with Crippen LogP contribution in [0, 0.1) is 5.92 Å². The molecule has 1 aromatic heterocycles. The van der Waals surface area contributed by atoms with Crippen LogP contribution in [0.5, 0.6) is 0 Å².